The number of nitrogens with one attached hydrogen (secondary N) is 1. The van der Waals surface area contributed by atoms with Crippen molar-refractivity contribution in [2.75, 3.05) is 43.5 Å². The van der Waals surface area contributed by atoms with E-state index in [0.29, 0.717) is 10.7 Å². The molecule has 0 radical (unpaired) electrons. The van der Waals surface area contributed by atoms with Crippen molar-refractivity contribution in [2.24, 2.45) is 0 Å². The van der Waals surface area contributed by atoms with Gasteiger partial charge in [-0.1, -0.05) is 11.6 Å². The van der Waals surface area contributed by atoms with Gasteiger partial charge in [-0.3, -0.25) is 0 Å². The van der Waals surface area contributed by atoms with Crippen molar-refractivity contribution in [1.82, 2.24) is 4.90 Å². The molecule has 1 aromatic carbocycles. The molecule has 0 amide bonds. The number of piperazine rings is 1. The van der Waals surface area contributed by atoms with Crippen molar-refractivity contribution in [3.63, 3.8) is 0 Å². The number of anilines is 2. The third-order valence-electron chi connectivity index (χ3n) is 5.54. The van der Waals surface area contributed by atoms with Crippen LogP contribution in [0.1, 0.15) is 33.6 Å². The van der Waals surface area contributed by atoms with Gasteiger partial charge in [0.15, 0.2) is 5.11 Å². The largest absolute Gasteiger partial charge is 0.465 e. The highest BCUT2D eigenvalue weighted by Crippen LogP contribution is 2.38. The quantitative estimate of drug-likeness (QED) is 0.546. The summed E-state index contributed by atoms with van der Waals surface area (Å²) in [5, 5.41) is 5.60. The predicted octanol–water partition coefficient (Wildman–Crippen LogP) is 4.59. The Kier molecular flexibility index (Phi) is 6.27. The minimum absolute atomic E-state index is 0.276. The molecule has 0 spiro atoms. The lowest BCUT2D eigenvalue weighted by Crippen LogP contribution is -2.50. The van der Waals surface area contributed by atoms with Gasteiger partial charge in [0.2, 0.25) is 0 Å². The predicted molar refractivity (Wildman–Crippen MR) is 124 cm³/mol. The number of carbonyl (C=O) groups excluding carboxylic acids is 1. The molecule has 2 heterocycles. The summed E-state index contributed by atoms with van der Waals surface area (Å²) < 4.78 is 5.05. The minimum Gasteiger partial charge on any atom is -0.465 e. The highest BCUT2D eigenvalue weighted by Gasteiger charge is 2.27. The Morgan fingerprint density at radius 1 is 1.14 bits per heavy atom. The van der Waals surface area contributed by atoms with Crippen LogP contribution in [0.3, 0.4) is 0 Å². The molecule has 5 nitrogen and oxygen atoms in total. The number of ether oxygens (including phenoxy) is 1. The number of carbonyl (C=O) groups is 1. The molecule has 154 valence electrons. The molecule has 8 heteroatoms. The molecule has 0 unspecified atom stereocenters. The second kappa shape index (κ2) is 8.90. The standard InChI is InChI=1S/C21H24ClN3O2S2/c1-27-20(26)18-16-4-2-3-5-17(16)29-19(18)23-21(28)25-12-10-24(11-13-25)15-8-6-14(22)7-9-15/h6-9H,2-5,10-13H2,1H3,(H,23,28). The Morgan fingerprint density at radius 2 is 1.83 bits per heavy atom. The van der Waals surface area contributed by atoms with E-state index in [1.165, 1.54) is 24.1 Å². The summed E-state index contributed by atoms with van der Waals surface area (Å²) in [5.74, 6) is -0.276. The van der Waals surface area contributed by atoms with Crippen molar-refractivity contribution in [3.05, 3.63) is 45.3 Å². The monoisotopic (exact) mass is 449 g/mol. The van der Waals surface area contributed by atoms with Crippen molar-refractivity contribution in [3.8, 4) is 0 Å². The van der Waals surface area contributed by atoms with E-state index in [-0.39, 0.29) is 5.97 Å². The number of aryl methyl sites for hydroxylation is 1. The fraction of sp³-hybridized carbons (Fsp3) is 0.429. The third kappa shape index (κ3) is 4.37. The number of nitrogens with zero attached hydrogens (tertiary/aromatic N) is 2. The summed E-state index contributed by atoms with van der Waals surface area (Å²) in [7, 11) is 1.44. The van der Waals surface area contributed by atoms with Crippen LogP contribution in [0.5, 0.6) is 0 Å². The minimum atomic E-state index is -0.276. The van der Waals surface area contributed by atoms with E-state index >= 15 is 0 Å². The molecule has 2 aliphatic rings. The molecule has 1 N–H and O–H groups in total. The molecule has 2 aromatic rings. The van der Waals surface area contributed by atoms with Crippen molar-refractivity contribution in [2.45, 2.75) is 25.7 Å². The van der Waals surface area contributed by atoms with E-state index in [1.54, 1.807) is 11.3 Å². The van der Waals surface area contributed by atoms with E-state index in [4.69, 9.17) is 28.6 Å². The van der Waals surface area contributed by atoms with Crippen LogP contribution in [0.4, 0.5) is 10.7 Å². The average molecular weight is 450 g/mol. The summed E-state index contributed by atoms with van der Waals surface area (Å²) in [6, 6.07) is 7.94. The van der Waals surface area contributed by atoms with Gasteiger partial charge in [0.05, 0.1) is 12.7 Å². The summed E-state index contributed by atoms with van der Waals surface area (Å²) >= 11 is 13.3. The Morgan fingerprint density at radius 3 is 2.52 bits per heavy atom. The first-order chi connectivity index (χ1) is 14.1. The molecular weight excluding hydrogens is 426 g/mol. The molecule has 29 heavy (non-hydrogen) atoms. The van der Waals surface area contributed by atoms with Crippen LogP contribution in [-0.4, -0.2) is 49.3 Å². The Bertz CT molecular complexity index is 905. The summed E-state index contributed by atoms with van der Waals surface area (Å²) in [5.41, 5.74) is 2.99. The van der Waals surface area contributed by atoms with Crippen LogP contribution in [0.15, 0.2) is 24.3 Å². The van der Waals surface area contributed by atoms with E-state index in [9.17, 15) is 4.79 Å². The van der Waals surface area contributed by atoms with Crippen LogP contribution in [0, 0.1) is 0 Å². The number of esters is 1. The SMILES string of the molecule is COC(=O)c1c(NC(=S)N2CCN(c3ccc(Cl)cc3)CC2)sc2c1CCCC2. The van der Waals surface area contributed by atoms with Gasteiger partial charge in [0, 0.05) is 41.8 Å². The van der Waals surface area contributed by atoms with Crippen LogP contribution < -0.4 is 10.2 Å². The molecule has 1 aromatic heterocycles. The summed E-state index contributed by atoms with van der Waals surface area (Å²) in [6.07, 6.45) is 4.25. The van der Waals surface area contributed by atoms with E-state index in [1.807, 2.05) is 24.3 Å². The van der Waals surface area contributed by atoms with Gasteiger partial charge in [0.25, 0.3) is 0 Å². The number of hydrogen-bond donors (Lipinski definition) is 1. The normalized spacial score (nSPS) is 16.3. The first kappa shape index (κ1) is 20.4. The zero-order chi connectivity index (χ0) is 20.4. The van der Waals surface area contributed by atoms with Crippen LogP contribution in [0.2, 0.25) is 5.02 Å². The highest BCUT2D eigenvalue weighted by atomic mass is 35.5. The number of benzene rings is 1. The second-order valence-corrected chi connectivity index (χ2v) is 9.22. The fourth-order valence-corrected chi connectivity index (χ4v) is 5.72. The molecule has 0 bridgehead atoms. The highest BCUT2D eigenvalue weighted by molar-refractivity contribution is 7.80. The van der Waals surface area contributed by atoms with Gasteiger partial charge >= 0.3 is 5.97 Å². The number of methoxy groups -OCH3 is 1. The Balaban J connectivity index is 1.43. The number of thiophene rings is 1. The maximum absolute atomic E-state index is 12.4. The zero-order valence-corrected chi connectivity index (χ0v) is 18.8. The molecular formula is C21H24ClN3O2S2. The molecule has 0 atom stereocenters. The van der Waals surface area contributed by atoms with Crippen molar-refractivity contribution < 1.29 is 9.53 Å². The maximum atomic E-state index is 12.4. The number of fused-ring (bicyclic) bond motifs is 1. The van der Waals surface area contributed by atoms with Gasteiger partial charge in [-0.2, -0.15) is 0 Å². The molecule has 1 aliphatic heterocycles. The lowest BCUT2D eigenvalue weighted by molar-refractivity contribution is 0.0601. The Hall–Kier alpha value is -1.83. The van der Waals surface area contributed by atoms with Gasteiger partial charge in [-0.15, -0.1) is 11.3 Å². The molecule has 4 rings (SSSR count). The van der Waals surface area contributed by atoms with Gasteiger partial charge in [0.1, 0.15) is 5.00 Å². The van der Waals surface area contributed by atoms with Crippen LogP contribution in [-0.2, 0) is 17.6 Å². The maximum Gasteiger partial charge on any atom is 0.341 e. The topological polar surface area (TPSA) is 44.8 Å². The van der Waals surface area contributed by atoms with Crippen molar-refractivity contribution >= 4 is 56.9 Å². The molecule has 1 aliphatic carbocycles. The van der Waals surface area contributed by atoms with Crippen molar-refractivity contribution in [1.29, 1.82) is 0 Å². The Labute approximate surface area is 185 Å². The first-order valence-electron chi connectivity index (χ1n) is 9.86. The molecule has 1 saturated heterocycles. The smallest absolute Gasteiger partial charge is 0.341 e. The molecule has 0 saturated carbocycles. The number of thiocarbonyl (C=S) groups is 1. The van der Waals surface area contributed by atoms with Gasteiger partial charge < -0.3 is 19.9 Å². The third-order valence-corrected chi connectivity index (χ3v) is 7.36. The first-order valence-corrected chi connectivity index (χ1v) is 11.5. The van der Waals surface area contributed by atoms with E-state index in [2.05, 4.69) is 15.1 Å². The van der Waals surface area contributed by atoms with Gasteiger partial charge in [-0.25, -0.2) is 4.79 Å². The number of rotatable bonds is 3. The van der Waals surface area contributed by atoms with E-state index in [0.717, 1.165) is 61.0 Å². The summed E-state index contributed by atoms with van der Waals surface area (Å²) in [4.78, 5) is 18.2. The van der Waals surface area contributed by atoms with Crippen LogP contribution in [0.25, 0.3) is 0 Å². The lowest BCUT2D eigenvalue weighted by Gasteiger charge is -2.37. The lowest BCUT2D eigenvalue weighted by atomic mass is 9.95. The van der Waals surface area contributed by atoms with Gasteiger partial charge in [-0.05, 0) is 67.7 Å². The van der Waals surface area contributed by atoms with E-state index < -0.39 is 0 Å². The molecule has 1 fully saturated rings. The van der Waals surface area contributed by atoms with Crippen LogP contribution >= 0.6 is 35.2 Å². The average Bonchev–Trinajstić information content (AvgIpc) is 3.11. The summed E-state index contributed by atoms with van der Waals surface area (Å²) in [6.45, 7) is 3.42. The fourth-order valence-electron chi connectivity index (χ4n) is 3.97. The second-order valence-electron chi connectivity index (χ2n) is 7.29. The zero-order valence-electron chi connectivity index (χ0n) is 16.4. The number of hydrogen-bond acceptors (Lipinski definition) is 5. The number of halogens is 1.